The zero-order valence-electron chi connectivity index (χ0n) is 9.46. The van der Waals surface area contributed by atoms with E-state index in [4.69, 9.17) is 5.73 Å². The molecule has 1 aliphatic carbocycles. The minimum absolute atomic E-state index is 0.367. The van der Waals surface area contributed by atoms with E-state index in [0.717, 1.165) is 11.5 Å². The van der Waals surface area contributed by atoms with Crippen molar-refractivity contribution in [2.24, 2.45) is 5.41 Å². The van der Waals surface area contributed by atoms with Crippen molar-refractivity contribution in [2.45, 2.75) is 39.2 Å². The van der Waals surface area contributed by atoms with Crippen LogP contribution in [0, 0.1) is 5.41 Å². The van der Waals surface area contributed by atoms with Crippen molar-refractivity contribution in [1.29, 1.82) is 0 Å². The fourth-order valence-corrected chi connectivity index (χ4v) is 2.30. The van der Waals surface area contributed by atoms with E-state index in [2.05, 4.69) is 24.1 Å². The van der Waals surface area contributed by atoms with Crippen LogP contribution in [0.1, 0.15) is 33.1 Å². The number of nitrogens with zero attached hydrogens (tertiary/aromatic N) is 1. The van der Waals surface area contributed by atoms with Crippen LogP contribution in [0.25, 0.3) is 0 Å². The van der Waals surface area contributed by atoms with Crippen LogP contribution in [0.4, 0.5) is 11.5 Å². The molecule has 1 fully saturated rings. The Labute approximate surface area is 91.1 Å². The molecule has 1 saturated carbocycles. The Balaban J connectivity index is 2.09. The van der Waals surface area contributed by atoms with Crippen molar-refractivity contribution < 1.29 is 0 Å². The van der Waals surface area contributed by atoms with E-state index >= 15 is 0 Å². The summed E-state index contributed by atoms with van der Waals surface area (Å²) in [7, 11) is 0. The average Bonchev–Trinajstić information content (AvgIpc) is 2.46. The molecule has 0 bridgehead atoms. The molecule has 1 aromatic heterocycles. The normalized spacial score (nSPS) is 24.0. The van der Waals surface area contributed by atoms with Gasteiger partial charge in [-0.05, 0) is 24.3 Å². The molecule has 82 valence electrons. The van der Waals surface area contributed by atoms with Crippen molar-refractivity contribution in [3.8, 4) is 0 Å². The molecule has 0 spiro atoms. The fraction of sp³-hybridized carbons (Fsp3) is 0.583. The van der Waals surface area contributed by atoms with E-state index in [1.54, 1.807) is 6.20 Å². The number of nitrogens with one attached hydrogen (secondary N) is 1. The van der Waals surface area contributed by atoms with Crippen molar-refractivity contribution in [2.75, 3.05) is 11.1 Å². The van der Waals surface area contributed by atoms with Crippen LogP contribution in [0.5, 0.6) is 0 Å². The van der Waals surface area contributed by atoms with Crippen molar-refractivity contribution in [3.63, 3.8) is 0 Å². The molecule has 1 heterocycles. The summed E-state index contributed by atoms with van der Waals surface area (Å²) in [5, 5.41) is 3.48. The maximum Gasteiger partial charge on any atom is 0.128 e. The number of pyridine rings is 1. The number of hydrogen-bond acceptors (Lipinski definition) is 3. The summed E-state index contributed by atoms with van der Waals surface area (Å²) >= 11 is 0. The number of anilines is 2. The van der Waals surface area contributed by atoms with E-state index in [9.17, 15) is 0 Å². The maximum absolute atomic E-state index is 5.72. The van der Waals surface area contributed by atoms with Crippen molar-refractivity contribution in [1.82, 2.24) is 4.98 Å². The Morgan fingerprint density at radius 3 is 2.93 bits per heavy atom. The maximum atomic E-state index is 5.72. The molecule has 0 radical (unpaired) electrons. The van der Waals surface area contributed by atoms with Gasteiger partial charge >= 0.3 is 0 Å². The topological polar surface area (TPSA) is 50.9 Å². The van der Waals surface area contributed by atoms with Crippen LogP contribution in [-0.4, -0.2) is 11.0 Å². The van der Waals surface area contributed by atoms with Crippen molar-refractivity contribution >= 4 is 11.5 Å². The average molecular weight is 205 g/mol. The first-order valence-electron chi connectivity index (χ1n) is 5.56. The summed E-state index contributed by atoms with van der Waals surface area (Å²) in [5.41, 5.74) is 6.85. The second kappa shape index (κ2) is 3.72. The lowest BCUT2D eigenvalue weighted by molar-refractivity contribution is 0.349. The number of rotatable bonds is 2. The molecule has 2 rings (SSSR count). The Morgan fingerprint density at radius 2 is 2.33 bits per heavy atom. The lowest BCUT2D eigenvalue weighted by Crippen LogP contribution is -2.31. The van der Waals surface area contributed by atoms with Gasteiger partial charge in [0.15, 0.2) is 0 Å². The van der Waals surface area contributed by atoms with Gasteiger partial charge in [-0.25, -0.2) is 4.98 Å². The molecule has 0 aromatic carbocycles. The summed E-state index contributed by atoms with van der Waals surface area (Å²) in [5.74, 6) is 0.898. The highest BCUT2D eigenvalue weighted by Crippen LogP contribution is 2.38. The zero-order chi connectivity index (χ0) is 10.9. The minimum Gasteiger partial charge on any atom is -0.399 e. The SMILES string of the molecule is CC1(C)CCCC1Nc1cc(N)ccn1. The molecule has 1 atom stereocenters. The quantitative estimate of drug-likeness (QED) is 0.780. The predicted octanol–water partition coefficient (Wildman–Crippen LogP) is 2.65. The second-order valence-corrected chi connectivity index (χ2v) is 5.05. The second-order valence-electron chi connectivity index (χ2n) is 5.05. The van der Waals surface area contributed by atoms with Gasteiger partial charge in [-0.15, -0.1) is 0 Å². The first kappa shape index (κ1) is 10.3. The summed E-state index contributed by atoms with van der Waals surface area (Å²) in [6.07, 6.45) is 5.56. The van der Waals surface area contributed by atoms with E-state index in [1.807, 2.05) is 12.1 Å². The Hall–Kier alpha value is -1.25. The highest BCUT2D eigenvalue weighted by atomic mass is 15.0. The molecular weight excluding hydrogens is 186 g/mol. The fourth-order valence-electron chi connectivity index (χ4n) is 2.30. The lowest BCUT2D eigenvalue weighted by atomic mass is 9.87. The molecular formula is C12H19N3. The van der Waals surface area contributed by atoms with Crippen LogP contribution >= 0.6 is 0 Å². The molecule has 3 heteroatoms. The number of nitrogens with two attached hydrogens (primary N) is 1. The van der Waals surface area contributed by atoms with Gasteiger partial charge < -0.3 is 11.1 Å². The number of hydrogen-bond donors (Lipinski definition) is 2. The van der Waals surface area contributed by atoms with Gasteiger partial charge in [-0.3, -0.25) is 0 Å². The molecule has 15 heavy (non-hydrogen) atoms. The molecule has 0 saturated heterocycles. The standard InChI is InChI=1S/C12H19N3/c1-12(2)6-3-4-10(12)15-11-8-9(13)5-7-14-11/h5,7-8,10H,3-4,6H2,1-2H3,(H3,13,14,15). The third-order valence-electron chi connectivity index (χ3n) is 3.36. The largest absolute Gasteiger partial charge is 0.399 e. The summed E-state index contributed by atoms with van der Waals surface area (Å²) in [6.45, 7) is 4.62. The Bertz CT molecular complexity index is 346. The first-order valence-corrected chi connectivity index (χ1v) is 5.56. The van der Waals surface area contributed by atoms with E-state index in [1.165, 1.54) is 19.3 Å². The molecule has 3 nitrogen and oxygen atoms in total. The van der Waals surface area contributed by atoms with Gasteiger partial charge in [-0.1, -0.05) is 20.3 Å². The third-order valence-corrected chi connectivity index (χ3v) is 3.36. The van der Waals surface area contributed by atoms with E-state index in [-0.39, 0.29) is 0 Å². The summed E-state index contributed by atoms with van der Waals surface area (Å²) in [4.78, 5) is 4.28. The molecule has 0 amide bonds. The van der Waals surface area contributed by atoms with Crippen LogP contribution in [0.15, 0.2) is 18.3 Å². The van der Waals surface area contributed by atoms with E-state index in [0.29, 0.717) is 11.5 Å². The molecule has 0 aliphatic heterocycles. The van der Waals surface area contributed by atoms with Gasteiger partial charge in [0.2, 0.25) is 0 Å². The van der Waals surface area contributed by atoms with Crippen molar-refractivity contribution in [3.05, 3.63) is 18.3 Å². The zero-order valence-corrected chi connectivity index (χ0v) is 9.46. The van der Waals surface area contributed by atoms with E-state index < -0.39 is 0 Å². The summed E-state index contributed by atoms with van der Waals surface area (Å²) in [6, 6.07) is 4.23. The first-order chi connectivity index (χ1) is 7.08. The van der Waals surface area contributed by atoms with Gasteiger partial charge in [0.05, 0.1) is 0 Å². The predicted molar refractivity (Wildman–Crippen MR) is 63.7 cm³/mol. The smallest absolute Gasteiger partial charge is 0.128 e. The van der Waals surface area contributed by atoms with Crippen LogP contribution in [-0.2, 0) is 0 Å². The van der Waals surface area contributed by atoms with Crippen LogP contribution < -0.4 is 11.1 Å². The van der Waals surface area contributed by atoms with Gasteiger partial charge in [-0.2, -0.15) is 0 Å². The molecule has 1 aromatic rings. The highest BCUT2D eigenvalue weighted by Gasteiger charge is 2.34. The monoisotopic (exact) mass is 205 g/mol. The Morgan fingerprint density at radius 1 is 1.53 bits per heavy atom. The molecule has 1 unspecified atom stereocenters. The summed E-state index contributed by atoms with van der Waals surface area (Å²) < 4.78 is 0. The minimum atomic E-state index is 0.367. The van der Waals surface area contributed by atoms with Crippen LogP contribution in [0.2, 0.25) is 0 Å². The number of nitrogen functional groups attached to an aromatic ring is 1. The third kappa shape index (κ3) is 2.22. The van der Waals surface area contributed by atoms with Crippen LogP contribution in [0.3, 0.4) is 0 Å². The molecule has 1 aliphatic rings. The van der Waals surface area contributed by atoms with Gasteiger partial charge in [0.1, 0.15) is 5.82 Å². The number of aromatic nitrogens is 1. The van der Waals surface area contributed by atoms with Gasteiger partial charge in [0, 0.05) is 24.0 Å². The molecule has 3 N–H and O–H groups in total. The Kier molecular flexibility index (Phi) is 2.55. The lowest BCUT2D eigenvalue weighted by Gasteiger charge is -2.28. The van der Waals surface area contributed by atoms with Gasteiger partial charge in [0.25, 0.3) is 0 Å². The highest BCUT2D eigenvalue weighted by molar-refractivity contribution is 5.49.